The van der Waals surface area contributed by atoms with Gasteiger partial charge in [-0.2, -0.15) is 0 Å². The first-order valence-electron chi connectivity index (χ1n) is 9.38. The van der Waals surface area contributed by atoms with Gasteiger partial charge in [0, 0.05) is 31.3 Å². The van der Waals surface area contributed by atoms with E-state index in [9.17, 15) is 9.59 Å². The highest BCUT2D eigenvalue weighted by Crippen LogP contribution is 2.33. The third kappa shape index (κ3) is 8.19. The zero-order valence-electron chi connectivity index (χ0n) is 15.6. The molecule has 1 heterocycles. The number of rotatable bonds is 7. The Hall–Kier alpha value is -1.60. The van der Waals surface area contributed by atoms with Gasteiger partial charge in [0.2, 0.25) is 0 Å². The molecule has 0 aromatic heterocycles. The lowest BCUT2D eigenvalue weighted by Gasteiger charge is -2.35. The van der Waals surface area contributed by atoms with Gasteiger partial charge in [0.1, 0.15) is 0 Å². The van der Waals surface area contributed by atoms with Crippen LogP contribution in [-0.2, 0) is 16.1 Å². The Labute approximate surface area is 175 Å². The van der Waals surface area contributed by atoms with Crippen LogP contribution in [0, 0.1) is 5.92 Å². The third-order valence-corrected chi connectivity index (χ3v) is 5.65. The zero-order chi connectivity index (χ0) is 20.5. The molecule has 0 atom stereocenters. The van der Waals surface area contributed by atoms with E-state index in [0.29, 0.717) is 23.2 Å². The molecule has 1 saturated carbocycles. The molecule has 2 aliphatic rings. The molecular weight excluding hydrogens is 403 g/mol. The quantitative estimate of drug-likeness (QED) is 0.573. The van der Waals surface area contributed by atoms with Crippen molar-refractivity contribution in [2.24, 2.45) is 5.92 Å². The number of hydrogen-bond acceptors (Lipinski definition) is 4. The number of benzene rings is 1. The summed E-state index contributed by atoms with van der Waals surface area (Å²) in [5.41, 5.74) is 1.17. The summed E-state index contributed by atoms with van der Waals surface area (Å²) < 4.78 is 0. The number of nitrogens with zero attached hydrogens (tertiary/aromatic N) is 1. The maximum atomic E-state index is 9.55. The first-order valence-corrected chi connectivity index (χ1v) is 10.1. The lowest BCUT2D eigenvalue weighted by Crippen LogP contribution is -2.43. The van der Waals surface area contributed by atoms with Crippen molar-refractivity contribution in [3.8, 4) is 0 Å². The number of aliphatic carboxylic acids is 2. The van der Waals surface area contributed by atoms with Gasteiger partial charge in [-0.15, -0.1) is 0 Å². The Morgan fingerprint density at radius 3 is 2.21 bits per heavy atom. The summed E-state index contributed by atoms with van der Waals surface area (Å²) in [5.74, 6) is -1.61. The molecule has 1 aliphatic carbocycles. The normalized spacial score (nSPS) is 17.4. The lowest BCUT2D eigenvalue weighted by atomic mass is 10.0. The molecule has 6 nitrogen and oxygen atoms in total. The molecule has 3 N–H and O–H groups in total. The second kappa shape index (κ2) is 11.4. The summed E-state index contributed by atoms with van der Waals surface area (Å²) >= 11 is 12.5. The van der Waals surface area contributed by atoms with Crippen molar-refractivity contribution in [1.82, 2.24) is 10.2 Å². The smallest absolute Gasteiger partial charge is 0.328 e. The second-order valence-electron chi connectivity index (χ2n) is 7.08. The van der Waals surface area contributed by atoms with E-state index < -0.39 is 11.9 Å². The van der Waals surface area contributed by atoms with Gasteiger partial charge in [0.25, 0.3) is 0 Å². The number of carboxylic acid groups (broad SMARTS) is 2. The molecule has 1 aromatic carbocycles. The number of carbonyl (C=O) groups is 2. The number of nitrogens with one attached hydrogen (secondary N) is 1. The van der Waals surface area contributed by atoms with E-state index in [1.807, 2.05) is 12.1 Å². The van der Waals surface area contributed by atoms with Crippen molar-refractivity contribution in [1.29, 1.82) is 0 Å². The van der Waals surface area contributed by atoms with Gasteiger partial charge >= 0.3 is 11.9 Å². The van der Waals surface area contributed by atoms with Gasteiger partial charge in [-0.3, -0.25) is 4.90 Å². The van der Waals surface area contributed by atoms with Crippen LogP contribution in [0.2, 0.25) is 10.0 Å². The maximum absolute atomic E-state index is 9.55. The van der Waals surface area contributed by atoms with E-state index in [0.717, 1.165) is 30.6 Å². The van der Waals surface area contributed by atoms with Crippen LogP contribution in [0.25, 0.3) is 0 Å². The minimum atomic E-state index is -1.26. The Morgan fingerprint density at radius 1 is 1.07 bits per heavy atom. The molecule has 3 rings (SSSR count). The summed E-state index contributed by atoms with van der Waals surface area (Å²) in [4.78, 5) is 21.7. The van der Waals surface area contributed by atoms with Crippen molar-refractivity contribution in [2.45, 2.75) is 38.3 Å². The lowest BCUT2D eigenvalue weighted by molar-refractivity contribution is -0.134. The topological polar surface area (TPSA) is 89.9 Å². The number of carboxylic acids is 2. The predicted octanol–water partition coefficient (Wildman–Crippen LogP) is 3.67. The monoisotopic (exact) mass is 428 g/mol. The standard InChI is InChI=1S/C16H22Cl2N2.C4H4O4/c17-15-3-1-2-13(16(15)18)11-20(10-12-4-5-12)14-6-8-19-9-7-14;5-3(6)1-2-4(7)8/h1-3,12,14,19H,4-11H2;1-2H,(H,5,6)(H,7,8)/b;2-1+. The molecule has 0 amide bonds. The van der Waals surface area contributed by atoms with Crippen LogP contribution in [0.5, 0.6) is 0 Å². The van der Waals surface area contributed by atoms with Crippen LogP contribution in [0.1, 0.15) is 31.2 Å². The highest BCUT2D eigenvalue weighted by atomic mass is 35.5. The summed E-state index contributed by atoms with van der Waals surface area (Å²) in [6.45, 7) is 4.41. The summed E-state index contributed by atoms with van der Waals surface area (Å²) in [6, 6.07) is 6.66. The van der Waals surface area contributed by atoms with Crippen molar-refractivity contribution in [3.63, 3.8) is 0 Å². The van der Waals surface area contributed by atoms with Crippen LogP contribution in [-0.4, -0.2) is 52.7 Å². The SMILES string of the molecule is Clc1cccc(CN(CC2CC2)C2CCNCC2)c1Cl.O=C(O)/C=C/C(=O)O. The fourth-order valence-corrected chi connectivity index (χ4v) is 3.56. The molecule has 2 fully saturated rings. The van der Waals surface area contributed by atoms with Gasteiger partial charge in [0.15, 0.2) is 0 Å². The van der Waals surface area contributed by atoms with Crippen LogP contribution in [0.15, 0.2) is 30.4 Å². The van der Waals surface area contributed by atoms with Gasteiger partial charge < -0.3 is 15.5 Å². The predicted molar refractivity (Wildman–Crippen MR) is 110 cm³/mol. The number of piperidine rings is 1. The van der Waals surface area contributed by atoms with Crippen molar-refractivity contribution < 1.29 is 19.8 Å². The van der Waals surface area contributed by atoms with E-state index in [-0.39, 0.29) is 0 Å². The van der Waals surface area contributed by atoms with Gasteiger partial charge in [-0.05, 0) is 56.3 Å². The van der Waals surface area contributed by atoms with E-state index in [4.69, 9.17) is 33.4 Å². The van der Waals surface area contributed by atoms with Crippen LogP contribution in [0.4, 0.5) is 0 Å². The Balaban J connectivity index is 0.000000300. The van der Waals surface area contributed by atoms with E-state index >= 15 is 0 Å². The fourth-order valence-electron chi connectivity index (χ4n) is 3.18. The highest BCUT2D eigenvalue weighted by molar-refractivity contribution is 6.42. The van der Waals surface area contributed by atoms with Gasteiger partial charge in [-0.25, -0.2) is 9.59 Å². The average molecular weight is 429 g/mol. The minimum Gasteiger partial charge on any atom is -0.478 e. The van der Waals surface area contributed by atoms with Crippen molar-refractivity contribution in [2.75, 3.05) is 19.6 Å². The fraction of sp³-hybridized carbons (Fsp3) is 0.500. The maximum Gasteiger partial charge on any atom is 0.328 e. The zero-order valence-corrected chi connectivity index (χ0v) is 17.1. The molecule has 0 spiro atoms. The minimum absolute atomic E-state index is 0.558. The highest BCUT2D eigenvalue weighted by Gasteiger charge is 2.29. The van der Waals surface area contributed by atoms with Crippen LogP contribution in [0.3, 0.4) is 0 Å². The van der Waals surface area contributed by atoms with Crippen LogP contribution < -0.4 is 5.32 Å². The molecule has 0 radical (unpaired) electrons. The second-order valence-corrected chi connectivity index (χ2v) is 7.86. The Kier molecular flexibility index (Phi) is 9.25. The number of halogens is 2. The molecule has 1 aromatic rings. The molecule has 154 valence electrons. The summed E-state index contributed by atoms with van der Waals surface area (Å²) in [6.07, 6.45) is 6.38. The summed E-state index contributed by atoms with van der Waals surface area (Å²) in [5, 5.41) is 20.5. The molecule has 28 heavy (non-hydrogen) atoms. The largest absolute Gasteiger partial charge is 0.478 e. The van der Waals surface area contributed by atoms with Crippen LogP contribution >= 0.6 is 23.2 Å². The molecular formula is C20H26Cl2N2O4. The first-order chi connectivity index (χ1) is 13.4. The molecule has 0 unspecified atom stereocenters. The van der Waals surface area contributed by atoms with E-state index in [2.05, 4.69) is 16.3 Å². The van der Waals surface area contributed by atoms with E-state index in [1.54, 1.807) is 0 Å². The first kappa shape index (κ1) is 22.7. The molecule has 1 saturated heterocycles. The molecule has 1 aliphatic heterocycles. The average Bonchev–Trinajstić information content (AvgIpc) is 3.48. The van der Waals surface area contributed by atoms with Crippen molar-refractivity contribution >= 4 is 35.1 Å². The van der Waals surface area contributed by atoms with E-state index in [1.165, 1.54) is 37.8 Å². The summed E-state index contributed by atoms with van der Waals surface area (Å²) in [7, 11) is 0. The Morgan fingerprint density at radius 2 is 1.68 bits per heavy atom. The van der Waals surface area contributed by atoms with Crippen molar-refractivity contribution in [3.05, 3.63) is 46.0 Å². The van der Waals surface area contributed by atoms with Gasteiger partial charge in [0.05, 0.1) is 10.0 Å². The Bertz CT molecular complexity index is 685. The third-order valence-electron chi connectivity index (χ3n) is 4.79. The molecule has 8 heteroatoms. The van der Waals surface area contributed by atoms with Gasteiger partial charge in [-0.1, -0.05) is 35.3 Å². The number of hydrogen-bond donors (Lipinski definition) is 3. The molecule has 0 bridgehead atoms.